The first-order valence-corrected chi connectivity index (χ1v) is 6.88. The third-order valence-electron chi connectivity index (χ3n) is 3.58. The summed E-state index contributed by atoms with van der Waals surface area (Å²) in [5.41, 5.74) is 0. The van der Waals surface area contributed by atoms with Crippen molar-refractivity contribution in [1.82, 2.24) is 5.32 Å². The van der Waals surface area contributed by atoms with E-state index in [1.54, 1.807) is 14.2 Å². The van der Waals surface area contributed by atoms with Crippen LogP contribution < -0.4 is 19.5 Å². The Morgan fingerprint density at radius 1 is 1.00 bits per heavy atom. The summed E-state index contributed by atoms with van der Waals surface area (Å²) in [6, 6.07) is 5.63. The zero-order valence-corrected chi connectivity index (χ0v) is 11.8. The highest BCUT2D eigenvalue weighted by atomic mass is 16.5. The molecule has 0 bridgehead atoms. The van der Waals surface area contributed by atoms with Crippen molar-refractivity contribution in [3.8, 4) is 17.2 Å². The molecule has 0 unspecified atom stereocenters. The molecule has 1 aliphatic rings. The summed E-state index contributed by atoms with van der Waals surface area (Å²) in [5.74, 6) is 3.12. The Labute approximate surface area is 115 Å². The third-order valence-corrected chi connectivity index (χ3v) is 3.58. The predicted octanol–water partition coefficient (Wildman–Crippen LogP) is 2.47. The van der Waals surface area contributed by atoms with Gasteiger partial charge in [0.15, 0.2) is 0 Å². The summed E-state index contributed by atoms with van der Waals surface area (Å²) < 4.78 is 16.3. The fraction of sp³-hybridized carbons (Fsp3) is 0.600. The summed E-state index contributed by atoms with van der Waals surface area (Å²) in [6.07, 6.45) is 3.62. The molecule has 1 N–H and O–H groups in total. The van der Waals surface area contributed by atoms with Crippen LogP contribution in [0.15, 0.2) is 18.2 Å². The third kappa shape index (κ3) is 4.31. The standard InChI is InChI=1S/C15H23NO3/c1-17-13-9-14(18-2)11-15(10-13)19-8-5-12-3-6-16-7-4-12/h9-12,16H,3-8H2,1-2H3. The minimum atomic E-state index is 0.751. The van der Waals surface area contributed by atoms with E-state index in [1.807, 2.05) is 18.2 Å². The van der Waals surface area contributed by atoms with Crippen molar-refractivity contribution in [2.45, 2.75) is 19.3 Å². The van der Waals surface area contributed by atoms with Crippen LogP contribution in [0.5, 0.6) is 17.2 Å². The van der Waals surface area contributed by atoms with Crippen LogP contribution in [0.2, 0.25) is 0 Å². The molecule has 2 rings (SSSR count). The average molecular weight is 265 g/mol. The van der Waals surface area contributed by atoms with E-state index in [1.165, 1.54) is 12.8 Å². The Morgan fingerprint density at radius 3 is 2.16 bits per heavy atom. The lowest BCUT2D eigenvalue weighted by molar-refractivity contribution is 0.250. The second-order valence-electron chi connectivity index (χ2n) is 4.88. The van der Waals surface area contributed by atoms with Crippen molar-refractivity contribution in [3.63, 3.8) is 0 Å². The Hall–Kier alpha value is -1.42. The summed E-state index contributed by atoms with van der Waals surface area (Å²) in [4.78, 5) is 0. The molecule has 0 aromatic heterocycles. The molecule has 0 atom stereocenters. The van der Waals surface area contributed by atoms with E-state index in [4.69, 9.17) is 14.2 Å². The molecular formula is C15H23NO3. The Morgan fingerprint density at radius 2 is 1.58 bits per heavy atom. The molecular weight excluding hydrogens is 242 g/mol. The minimum Gasteiger partial charge on any atom is -0.496 e. The zero-order valence-electron chi connectivity index (χ0n) is 11.8. The lowest BCUT2D eigenvalue weighted by atomic mass is 9.95. The number of piperidine rings is 1. The van der Waals surface area contributed by atoms with Gasteiger partial charge in [0.05, 0.1) is 20.8 Å². The number of ether oxygens (including phenoxy) is 3. The van der Waals surface area contributed by atoms with Crippen LogP contribution in [-0.4, -0.2) is 33.9 Å². The minimum absolute atomic E-state index is 0.751. The van der Waals surface area contributed by atoms with E-state index in [0.29, 0.717) is 0 Å². The van der Waals surface area contributed by atoms with Gasteiger partial charge in [-0.05, 0) is 38.3 Å². The Kier molecular flexibility index (Phi) is 5.33. The topological polar surface area (TPSA) is 39.7 Å². The molecule has 0 radical (unpaired) electrons. The van der Waals surface area contributed by atoms with E-state index in [0.717, 1.165) is 49.3 Å². The van der Waals surface area contributed by atoms with E-state index in [-0.39, 0.29) is 0 Å². The molecule has 0 aliphatic carbocycles. The van der Waals surface area contributed by atoms with Crippen molar-refractivity contribution in [2.24, 2.45) is 5.92 Å². The van der Waals surface area contributed by atoms with Crippen LogP contribution in [0.25, 0.3) is 0 Å². The first kappa shape index (κ1) is 14.0. The SMILES string of the molecule is COc1cc(OC)cc(OCCC2CCNCC2)c1. The summed E-state index contributed by atoms with van der Waals surface area (Å²) >= 11 is 0. The molecule has 1 fully saturated rings. The zero-order chi connectivity index (χ0) is 13.5. The van der Waals surface area contributed by atoms with Crippen LogP contribution >= 0.6 is 0 Å². The van der Waals surface area contributed by atoms with Gasteiger partial charge in [-0.3, -0.25) is 0 Å². The van der Waals surface area contributed by atoms with Crippen molar-refractivity contribution >= 4 is 0 Å². The maximum Gasteiger partial charge on any atom is 0.126 e. The average Bonchev–Trinajstić information content (AvgIpc) is 2.48. The second kappa shape index (κ2) is 7.24. The van der Waals surface area contributed by atoms with Gasteiger partial charge < -0.3 is 19.5 Å². The molecule has 1 aromatic carbocycles. The van der Waals surface area contributed by atoms with Crippen LogP contribution in [0.3, 0.4) is 0 Å². The maximum atomic E-state index is 5.81. The Bertz CT molecular complexity index is 367. The molecule has 0 amide bonds. The smallest absolute Gasteiger partial charge is 0.126 e. The molecule has 4 heteroatoms. The van der Waals surface area contributed by atoms with Gasteiger partial charge in [-0.2, -0.15) is 0 Å². The van der Waals surface area contributed by atoms with Crippen molar-refractivity contribution < 1.29 is 14.2 Å². The van der Waals surface area contributed by atoms with Crippen molar-refractivity contribution in [2.75, 3.05) is 33.9 Å². The van der Waals surface area contributed by atoms with Gasteiger partial charge in [0.25, 0.3) is 0 Å². The van der Waals surface area contributed by atoms with Crippen LogP contribution in [0, 0.1) is 5.92 Å². The summed E-state index contributed by atoms with van der Waals surface area (Å²) in [5, 5.41) is 3.38. The monoisotopic (exact) mass is 265 g/mol. The van der Waals surface area contributed by atoms with Gasteiger partial charge in [0.1, 0.15) is 17.2 Å². The second-order valence-corrected chi connectivity index (χ2v) is 4.88. The van der Waals surface area contributed by atoms with E-state index >= 15 is 0 Å². The van der Waals surface area contributed by atoms with Gasteiger partial charge in [0.2, 0.25) is 0 Å². The molecule has 4 nitrogen and oxygen atoms in total. The first-order chi connectivity index (χ1) is 9.31. The molecule has 1 aliphatic heterocycles. The molecule has 1 heterocycles. The van der Waals surface area contributed by atoms with E-state index in [9.17, 15) is 0 Å². The number of nitrogens with one attached hydrogen (secondary N) is 1. The van der Waals surface area contributed by atoms with Gasteiger partial charge in [0, 0.05) is 18.2 Å². The largest absolute Gasteiger partial charge is 0.496 e. The van der Waals surface area contributed by atoms with Crippen LogP contribution in [-0.2, 0) is 0 Å². The van der Waals surface area contributed by atoms with Crippen LogP contribution in [0.4, 0.5) is 0 Å². The molecule has 1 saturated heterocycles. The number of hydrogen-bond acceptors (Lipinski definition) is 4. The van der Waals surface area contributed by atoms with Crippen molar-refractivity contribution in [1.29, 1.82) is 0 Å². The number of benzene rings is 1. The van der Waals surface area contributed by atoms with Gasteiger partial charge in [-0.25, -0.2) is 0 Å². The van der Waals surface area contributed by atoms with Crippen LogP contribution in [0.1, 0.15) is 19.3 Å². The van der Waals surface area contributed by atoms with Gasteiger partial charge in [-0.15, -0.1) is 0 Å². The lowest BCUT2D eigenvalue weighted by Crippen LogP contribution is -2.28. The highest BCUT2D eigenvalue weighted by Gasteiger charge is 2.13. The highest BCUT2D eigenvalue weighted by molar-refractivity contribution is 5.41. The summed E-state index contributed by atoms with van der Waals surface area (Å²) in [6.45, 7) is 3.02. The fourth-order valence-corrected chi connectivity index (χ4v) is 2.38. The molecule has 19 heavy (non-hydrogen) atoms. The lowest BCUT2D eigenvalue weighted by Gasteiger charge is -2.22. The normalized spacial score (nSPS) is 16.1. The van der Waals surface area contributed by atoms with Crippen molar-refractivity contribution in [3.05, 3.63) is 18.2 Å². The van der Waals surface area contributed by atoms with E-state index in [2.05, 4.69) is 5.32 Å². The summed E-state index contributed by atoms with van der Waals surface area (Å²) in [7, 11) is 3.29. The number of methoxy groups -OCH3 is 2. The van der Waals surface area contributed by atoms with E-state index < -0.39 is 0 Å². The van der Waals surface area contributed by atoms with Gasteiger partial charge >= 0.3 is 0 Å². The first-order valence-electron chi connectivity index (χ1n) is 6.88. The molecule has 1 aromatic rings. The maximum absolute atomic E-state index is 5.81. The quantitative estimate of drug-likeness (QED) is 0.857. The molecule has 0 saturated carbocycles. The molecule has 106 valence electrons. The highest BCUT2D eigenvalue weighted by Crippen LogP contribution is 2.27. The predicted molar refractivity (Wildman–Crippen MR) is 75.3 cm³/mol. The number of hydrogen-bond donors (Lipinski definition) is 1. The Balaban J connectivity index is 1.84. The fourth-order valence-electron chi connectivity index (χ4n) is 2.38. The number of rotatable bonds is 6. The molecule has 0 spiro atoms. The van der Waals surface area contributed by atoms with Gasteiger partial charge in [-0.1, -0.05) is 0 Å².